The predicted molar refractivity (Wildman–Crippen MR) is 85.0 cm³/mol. The van der Waals surface area contributed by atoms with Crippen LogP contribution < -0.4 is 16.5 Å². The Morgan fingerprint density at radius 1 is 0.909 bits per heavy atom. The van der Waals surface area contributed by atoms with Gasteiger partial charge in [-0.25, -0.2) is 0 Å². The Morgan fingerprint density at radius 2 is 1.36 bits per heavy atom. The van der Waals surface area contributed by atoms with Crippen LogP contribution in [-0.4, -0.2) is 0 Å². The average molecular weight is 443 g/mol. The van der Waals surface area contributed by atoms with Crippen LogP contribution in [0.1, 0.15) is 11.5 Å². The third-order valence-corrected chi connectivity index (χ3v) is 7.50. The van der Waals surface area contributed by atoms with Crippen molar-refractivity contribution in [2.75, 3.05) is 0 Å². The molecule has 0 fully saturated rings. The monoisotopic (exact) mass is 441 g/mol. The van der Waals surface area contributed by atoms with Crippen LogP contribution >= 0.6 is 46.2 Å². The fourth-order valence-electron chi connectivity index (χ4n) is 1.50. The summed E-state index contributed by atoms with van der Waals surface area (Å²) in [4.78, 5) is 11.6. The number of rotatable bonds is 6. The molecule has 0 saturated heterocycles. The molecule has 0 aliphatic carbocycles. The minimum Gasteiger partial charge on any atom is -1.00 e. The van der Waals surface area contributed by atoms with Crippen LogP contribution in [0.3, 0.4) is 0 Å². The molecule has 3 aromatic rings. The van der Waals surface area contributed by atoms with Gasteiger partial charge in [-0.2, -0.15) is 0 Å². The molecule has 0 aromatic carbocycles. The molecule has 112 valence electrons. The van der Waals surface area contributed by atoms with Crippen LogP contribution in [0.5, 0.6) is 0 Å². The minimum absolute atomic E-state index is 0. The Morgan fingerprint density at radius 3 is 1.73 bits per heavy atom. The van der Waals surface area contributed by atoms with Crippen LogP contribution in [0, 0.1) is 0 Å². The molecule has 3 heterocycles. The topological polar surface area (TPSA) is 43.4 Å². The first-order valence-corrected chi connectivity index (χ1v) is 9.36. The third kappa shape index (κ3) is 5.58. The first kappa shape index (κ1) is 20.1. The number of halogens is 1. The third-order valence-electron chi connectivity index (χ3n) is 2.37. The van der Waals surface area contributed by atoms with E-state index in [2.05, 4.69) is 0 Å². The van der Waals surface area contributed by atoms with Gasteiger partial charge in [-0.05, 0) is 24.3 Å². The van der Waals surface area contributed by atoms with E-state index in [1.807, 2.05) is 24.3 Å². The van der Waals surface area contributed by atoms with E-state index in [-0.39, 0.29) is 35.9 Å². The summed E-state index contributed by atoms with van der Waals surface area (Å²) in [6.45, 7) is 0. The van der Waals surface area contributed by atoms with Crippen molar-refractivity contribution in [2.24, 2.45) is 0 Å². The summed E-state index contributed by atoms with van der Waals surface area (Å²) >= 11 is 5.91. The molecule has 3 aromatic heterocycles. The van der Waals surface area contributed by atoms with Crippen LogP contribution in [0.25, 0.3) is 0 Å². The van der Waals surface area contributed by atoms with Crippen molar-refractivity contribution in [3.63, 3.8) is 0 Å². The number of hydrogen-bond acceptors (Lipinski definition) is 7. The van der Waals surface area contributed by atoms with E-state index in [4.69, 9.17) is 8.83 Å². The largest absolute Gasteiger partial charge is 2.00 e. The Labute approximate surface area is 163 Å². The summed E-state index contributed by atoms with van der Waals surface area (Å²) < 4.78 is 12.9. The van der Waals surface area contributed by atoms with Crippen LogP contribution in [-0.2, 0) is 31.0 Å². The van der Waals surface area contributed by atoms with Gasteiger partial charge in [0.1, 0.15) is 11.5 Å². The Hall–Kier alpha value is 0.0234. The second-order valence-electron chi connectivity index (χ2n) is 3.77. The Bertz CT molecular complexity index is 647. The van der Waals surface area contributed by atoms with Crippen molar-refractivity contribution in [2.45, 2.75) is 19.9 Å². The molecule has 3 rings (SSSR count). The van der Waals surface area contributed by atoms with Gasteiger partial charge >= 0.3 is 19.5 Å². The van der Waals surface area contributed by atoms with E-state index >= 15 is 0 Å². The van der Waals surface area contributed by atoms with Crippen LogP contribution in [0.15, 0.2) is 58.8 Å². The first-order valence-electron chi connectivity index (χ1n) is 5.75. The van der Waals surface area contributed by atoms with Gasteiger partial charge in [0, 0.05) is 0 Å². The van der Waals surface area contributed by atoms with Gasteiger partial charge in [0.2, 0.25) is 0 Å². The van der Waals surface area contributed by atoms with Gasteiger partial charge in [-0.1, -0.05) is 22.7 Å². The quantitative estimate of drug-likeness (QED) is 0.431. The fraction of sp³-hybridized carbons (Fsp3) is 0.154. The van der Waals surface area contributed by atoms with Crippen LogP contribution in [0.4, 0.5) is 0 Å². The van der Waals surface area contributed by atoms with Crippen molar-refractivity contribution in [3.05, 3.63) is 57.2 Å². The molecular weight excluding hydrogens is 433 g/mol. The standard InChI is InChI=1S/C13H10O3S4.ClH.Zn/c14-13-19-11(17-7-9-3-1-5-15-9)12(20-13)18-8-10-4-2-6-16-10;;/h1-6H,7-8H2;1H;/q;;+2/p-1. The molecule has 0 radical (unpaired) electrons. The summed E-state index contributed by atoms with van der Waals surface area (Å²) in [5, 5.41) is 0. The van der Waals surface area contributed by atoms with Gasteiger partial charge < -0.3 is 21.2 Å². The number of thioether (sulfide) groups is 2. The molecule has 3 nitrogen and oxygen atoms in total. The van der Waals surface area contributed by atoms with E-state index in [0.717, 1.165) is 31.4 Å². The summed E-state index contributed by atoms with van der Waals surface area (Å²) in [6.07, 6.45) is 3.33. The van der Waals surface area contributed by atoms with Gasteiger partial charge in [0.15, 0.2) is 0 Å². The summed E-state index contributed by atoms with van der Waals surface area (Å²) in [7, 11) is 0. The summed E-state index contributed by atoms with van der Waals surface area (Å²) in [5.74, 6) is 3.33. The van der Waals surface area contributed by atoms with E-state index in [1.54, 1.807) is 36.1 Å². The van der Waals surface area contributed by atoms with E-state index in [9.17, 15) is 4.79 Å². The molecular formula is C13H10ClO3S4Zn+. The number of hydrogen-bond donors (Lipinski definition) is 0. The van der Waals surface area contributed by atoms with Crippen molar-refractivity contribution >= 4 is 46.2 Å². The first-order chi connectivity index (χ1) is 9.81. The predicted octanol–water partition coefficient (Wildman–Crippen LogP) is 1.94. The van der Waals surface area contributed by atoms with Gasteiger partial charge in [0.25, 0.3) is 4.06 Å². The van der Waals surface area contributed by atoms with E-state index < -0.39 is 0 Å². The molecule has 0 N–H and O–H groups in total. The van der Waals surface area contributed by atoms with Gasteiger partial charge in [0.05, 0.1) is 32.5 Å². The molecule has 0 atom stereocenters. The van der Waals surface area contributed by atoms with Gasteiger partial charge in [-0.15, -0.1) is 23.5 Å². The fourth-order valence-corrected chi connectivity index (χ4v) is 6.54. The van der Waals surface area contributed by atoms with Crippen molar-refractivity contribution in [3.8, 4) is 0 Å². The maximum absolute atomic E-state index is 11.6. The van der Waals surface area contributed by atoms with Gasteiger partial charge in [-0.3, -0.25) is 4.79 Å². The zero-order chi connectivity index (χ0) is 13.8. The van der Waals surface area contributed by atoms with Crippen molar-refractivity contribution in [1.82, 2.24) is 0 Å². The molecule has 0 saturated carbocycles. The molecule has 22 heavy (non-hydrogen) atoms. The smallest absolute Gasteiger partial charge is 1.00 e. The molecule has 0 aliphatic heterocycles. The van der Waals surface area contributed by atoms with E-state index in [0.29, 0.717) is 0 Å². The Kier molecular flexibility index (Phi) is 9.13. The molecule has 0 amide bonds. The SMILES string of the molecule is O=c1sc(SCc2ccco2)c(SCc2ccco2)s1.[Cl-].[Zn+2]. The van der Waals surface area contributed by atoms with Crippen LogP contribution in [0.2, 0.25) is 0 Å². The van der Waals surface area contributed by atoms with Crippen molar-refractivity contribution < 1.29 is 40.7 Å². The zero-order valence-corrected chi connectivity index (χ0v) is 18.3. The maximum Gasteiger partial charge on any atom is 2.00 e. The zero-order valence-electron chi connectivity index (χ0n) is 11.3. The van der Waals surface area contributed by atoms with E-state index in [1.165, 1.54) is 22.7 Å². The second kappa shape index (κ2) is 10.0. The number of furan rings is 2. The van der Waals surface area contributed by atoms with Crippen molar-refractivity contribution in [1.29, 1.82) is 0 Å². The molecule has 0 unspecified atom stereocenters. The normalized spacial score (nSPS) is 10.0. The maximum atomic E-state index is 11.6. The molecule has 0 spiro atoms. The molecule has 0 bridgehead atoms. The molecule has 9 heteroatoms. The minimum atomic E-state index is 0. The summed E-state index contributed by atoms with van der Waals surface area (Å²) in [5.41, 5.74) is 0. The average Bonchev–Trinajstić information content (AvgIpc) is 3.16. The Balaban J connectivity index is 0.00000121. The summed E-state index contributed by atoms with van der Waals surface area (Å²) in [6, 6.07) is 7.63. The second-order valence-corrected chi connectivity index (χ2v) is 8.48. The molecule has 0 aliphatic rings.